The zero-order valence-electron chi connectivity index (χ0n) is 21.6. The molecule has 41 heavy (non-hydrogen) atoms. The molecule has 3 aromatic rings. The summed E-state index contributed by atoms with van der Waals surface area (Å²) in [5.74, 6) is -2.31. The van der Waals surface area contributed by atoms with Crippen molar-refractivity contribution in [1.82, 2.24) is 10.2 Å². The van der Waals surface area contributed by atoms with E-state index < -0.39 is 27.9 Å². The van der Waals surface area contributed by atoms with Gasteiger partial charge < -0.3 is 20.6 Å². The third-order valence-electron chi connectivity index (χ3n) is 6.33. The van der Waals surface area contributed by atoms with Crippen LogP contribution >= 0.6 is 34.8 Å². The number of para-hydroxylation sites is 2. The van der Waals surface area contributed by atoms with Crippen LogP contribution in [0.5, 0.6) is 0 Å². The van der Waals surface area contributed by atoms with Gasteiger partial charge in [0.15, 0.2) is 0 Å². The molecule has 0 spiro atoms. The highest BCUT2D eigenvalue weighted by atomic mass is 35.5. The summed E-state index contributed by atoms with van der Waals surface area (Å²) in [5, 5.41) is 15.6. The van der Waals surface area contributed by atoms with Crippen molar-refractivity contribution < 1.29 is 27.9 Å². The Morgan fingerprint density at radius 1 is 1.02 bits per heavy atom. The Balaban J connectivity index is 1.49. The van der Waals surface area contributed by atoms with Gasteiger partial charge in [-0.25, -0.2) is 13.2 Å². The third-order valence-corrected chi connectivity index (χ3v) is 7.89. The predicted octanol–water partition coefficient (Wildman–Crippen LogP) is 4.51. The molecule has 1 heterocycles. The van der Waals surface area contributed by atoms with Gasteiger partial charge in [-0.2, -0.15) is 0 Å². The average Bonchev–Trinajstić information content (AvgIpc) is 2.90. The fourth-order valence-electron chi connectivity index (χ4n) is 4.38. The van der Waals surface area contributed by atoms with Gasteiger partial charge >= 0.3 is 5.97 Å². The topological polar surface area (TPSA) is 145 Å². The number of carboxylic acid groups (broad SMARTS) is 1. The number of nitrogens with one attached hydrogen (secondary N) is 3. The number of carbonyl (C=O) groups excluding carboxylic acids is 2. The first kappa shape index (κ1) is 30.4. The van der Waals surface area contributed by atoms with Gasteiger partial charge in [0, 0.05) is 30.2 Å². The van der Waals surface area contributed by atoms with Crippen LogP contribution in [0.1, 0.15) is 31.8 Å². The van der Waals surface area contributed by atoms with Crippen LogP contribution in [0.4, 0.5) is 11.4 Å². The van der Waals surface area contributed by atoms with Gasteiger partial charge in [0.2, 0.25) is 10.0 Å². The minimum atomic E-state index is -3.58. The van der Waals surface area contributed by atoms with Gasteiger partial charge in [-0.1, -0.05) is 46.9 Å². The van der Waals surface area contributed by atoms with E-state index in [0.29, 0.717) is 40.4 Å². The monoisotopic (exact) mass is 638 g/mol. The van der Waals surface area contributed by atoms with E-state index in [1.807, 2.05) is 0 Å². The molecule has 14 heteroatoms. The molecule has 0 aliphatic carbocycles. The molecule has 0 fully saturated rings. The van der Waals surface area contributed by atoms with E-state index in [4.69, 9.17) is 34.8 Å². The fourth-order valence-corrected chi connectivity index (χ4v) is 5.84. The lowest BCUT2D eigenvalue weighted by molar-refractivity contribution is -0.138. The Morgan fingerprint density at radius 3 is 2.32 bits per heavy atom. The molecule has 10 nitrogen and oxygen atoms in total. The summed E-state index contributed by atoms with van der Waals surface area (Å²) in [4.78, 5) is 39.8. The lowest BCUT2D eigenvalue weighted by atomic mass is 9.96. The van der Waals surface area contributed by atoms with Crippen molar-refractivity contribution >= 4 is 74.0 Å². The van der Waals surface area contributed by atoms with E-state index in [2.05, 4.69) is 15.4 Å². The Hall–Kier alpha value is -3.51. The smallest absolute Gasteiger partial charge is 0.328 e. The molecule has 1 aliphatic heterocycles. The maximum Gasteiger partial charge on any atom is 0.328 e. The molecule has 4 rings (SSSR count). The molecule has 216 valence electrons. The summed E-state index contributed by atoms with van der Waals surface area (Å²) in [6.07, 6.45) is 1.35. The van der Waals surface area contributed by atoms with E-state index in [0.717, 1.165) is 6.26 Å². The number of rotatable bonds is 9. The number of sulfonamides is 1. The number of hydrogen-bond acceptors (Lipinski definition) is 6. The van der Waals surface area contributed by atoms with Crippen molar-refractivity contribution in [1.29, 1.82) is 0 Å². The lowest BCUT2D eigenvalue weighted by Crippen LogP contribution is -2.45. The number of hydrogen-bond donors (Lipinski definition) is 4. The van der Waals surface area contributed by atoms with Crippen LogP contribution in [-0.2, 0) is 27.8 Å². The second-order valence-corrected chi connectivity index (χ2v) is 12.3. The van der Waals surface area contributed by atoms with Crippen LogP contribution in [0.2, 0.25) is 15.1 Å². The number of halogens is 3. The number of fused-ring (bicyclic) bond motifs is 1. The maximum atomic E-state index is 13.2. The highest BCUT2D eigenvalue weighted by Crippen LogP contribution is 2.35. The Labute approximate surface area is 251 Å². The molecule has 0 unspecified atom stereocenters. The summed E-state index contributed by atoms with van der Waals surface area (Å²) in [5.41, 5.74) is 2.27. The quantitative estimate of drug-likeness (QED) is 0.270. The predicted molar refractivity (Wildman–Crippen MR) is 159 cm³/mol. The fraction of sp³-hybridized carbons (Fsp3) is 0.222. The summed E-state index contributed by atoms with van der Waals surface area (Å²) in [6, 6.07) is 13.0. The van der Waals surface area contributed by atoms with Crippen LogP contribution in [-0.4, -0.2) is 61.6 Å². The zero-order chi connectivity index (χ0) is 29.9. The number of carboxylic acids is 1. The number of anilines is 2. The van der Waals surface area contributed by atoms with Crippen LogP contribution in [0.15, 0.2) is 54.6 Å². The van der Waals surface area contributed by atoms with Crippen molar-refractivity contribution in [3.05, 3.63) is 91.9 Å². The van der Waals surface area contributed by atoms with E-state index in [-0.39, 0.29) is 40.3 Å². The Bertz CT molecular complexity index is 1620. The number of benzene rings is 3. The summed E-state index contributed by atoms with van der Waals surface area (Å²) in [6.45, 7) is 0.297. The van der Waals surface area contributed by atoms with E-state index >= 15 is 0 Å². The first-order valence-corrected chi connectivity index (χ1v) is 15.3. The number of aliphatic carboxylic acids is 1. The molecule has 0 bridgehead atoms. The van der Waals surface area contributed by atoms with Crippen molar-refractivity contribution in [3.8, 4) is 0 Å². The minimum absolute atomic E-state index is 0.00633. The van der Waals surface area contributed by atoms with Crippen LogP contribution in [0.25, 0.3) is 0 Å². The molecule has 0 saturated heterocycles. The molecule has 0 saturated carbocycles. The van der Waals surface area contributed by atoms with E-state index in [1.54, 1.807) is 53.4 Å². The first-order chi connectivity index (χ1) is 19.3. The molecular formula is C27H25Cl3N4O6S. The Kier molecular flexibility index (Phi) is 9.33. The highest BCUT2D eigenvalue weighted by Gasteiger charge is 2.29. The van der Waals surface area contributed by atoms with Crippen LogP contribution in [0.3, 0.4) is 0 Å². The zero-order valence-corrected chi connectivity index (χ0v) is 24.7. The van der Waals surface area contributed by atoms with Crippen LogP contribution < -0.4 is 15.4 Å². The molecule has 2 amide bonds. The molecule has 3 aromatic carbocycles. The highest BCUT2D eigenvalue weighted by molar-refractivity contribution is 7.92. The van der Waals surface area contributed by atoms with E-state index in [9.17, 15) is 27.9 Å². The average molecular weight is 640 g/mol. The number of nitrogens with zero attached hydrogens (tertiary/aromatic N) is 1. The van der Waals surface area contributed by atoms with Crippen LogP contribution in [0, 0.1) is 0 Å². The van der Waals surface area contributed by atoms with Gasteiger partial charge in [0.25, 0.3) is 11.8 Å². The molecule has 0 aromatic heterocycles. The third kappa shape index (κ3) is 7.42. The Morgan fingerprint density at radius 2 is 1.68 bits per heavy atom. The van der Waals surface area contributed by atoms with Crippen molar-refractivity contribution in [3.63, 3.8) is 0 Å². The van der Waals surface area contributed by atoms with Crippen molar-refractivity contribution in [2.75, 3.05) is 29.4 Å². The second kappa shape index (κ2) is 12.6. The molecule has 1 atom stereocenters. The van der Waals surface area contributed by atoms with Crippen molar-refractivity contribution in [2.24, 2.45) is 0 Å². The largest absolute Gasteiger partial charge is 0.480 e. The molecule has 1 aliphatic rings. The minimum Gasteiger partial charge on any atom is -0.480 e. The van der Waals surface area contributed by atoms with Gasteiger partial charge in [-0.05, 0) is 60.0 Å². The first-order valence-electron chi connectivity index (χ1n) is 12.2. The standard InChI is InChI=1S/C27H25Cl3N4O6S/c1-41(39,40)33-21-5-3-2-4-20(21)31-13-22(27(37)38)32-25(35)23-19(29)12-16-14-34(11-10-18(16)24(23)30)26(36)15-6-8-17(28)9-7-15/h2-9,12,22,31,33H,10-11,13-14H2,1H3,(H,32,35)(H,37,38)/t22-/m0/s1. The molecule has 0 radical (unpaired) electrons. The van der Waals surface area contributed by atoms with Gasteiger partial charge in [-0.15, -0.1) is 0 Å². The number of carbonyl (C=O) groups is 3. The van der Waals surface area contributed by atoms with Crippen molar-refractivity contribution in [2.45, 2.75) is 19.0 Å². The second-order valence-electron chi connectivity index (χ2n) is 9.33. The number of amides is 2. The maximum absolute atomic E-state index is 13.2. The normalized spacial score (nSPS) is 13.6. The van der Waals surface area contributed by atoms with Gasteiger partial charge in [0.05, 0.1) is 33.2 Å². The van der Waals surface area contributed by atoms with E-state index in [1.165, 1.54) is 6.07 Å². The SMILES string of the molecule is CS(=O)(=O)Nc1ccccc1NC[C@H](NC(=O)c1c(Cl)cc2c(c1Cl)CCN(C(=O)c1ccc(Cl)cc1)C2)C(=O)O. The summed E-state index contributed by atoms with van der Waals surface area (Å²) < 4.78 is 25.7. The molecular weight excluding hydrogens is 615 g/mol. The molecule has 4 N–H and O–H groups in total. The summed E-state index contributed by atoms with van der Waals surface area (Å²) in [7, 11) is -3.58. The van der Waals surface area contributed by atoms with Gasteiger partial charge in [0.1, 0.15) is 6.04 Å². The van der Waals surface area contributed by atoms with Gasteiger partial charge in [-0.3, -0.25) is 14.3 Å². The lowest BCUT2D eigenvalue weighted by Gasteiger charge is -2.30. The summed E-state index contributed by atoms with van der Waals surface area (Å²) >= 11 is 19.0.